The van der Waals surface area contributed by atoms with Crippen LogP contribution in [0.1, 0.15) is 28.8 Å². The normalized spacial score (nSPS) is 10.1. The van der Waals surface area contributed by atoms with E-state index in [1.54, 1.807) is 12.1 Å². The number of amides is 1. The summed E-state index contributed by atoms with van der Waals surface area (Å²) in [7, 11) is 0. The third-order valence-corrected chi connectivity index (χ3v) is 3.22. The van der Waals surface area contributed by atoms with Crippen LogP contribution in [-0.4, -0.2) is 18.5 Å². The van der Waals surface area contributed by atoms with Crippen LogP contribution in [0.15, 0.2) is 48.5 Å². The van der Waals surface area contributed by atoms with Crippen LogP contribution < -0.4 is 15.2 Å². The van der Waals surface area contributed by atoms with Gasteiger partial charge in [0.05, 0.1) is 12.6 Å². The Kier molecular flexibility index (Phi) is 5.74. The number of hydrogen-bond donors (Lipinski definition) is 1. The minimum absolute atomic E-state index is 0.0329. The quantitative estimate of drug-likeness (QED) is 0.795. The zero-order valence-corrected chi connectivity index (χ0v) is 12.9. The van der Waals surface area contributed by atoms with Crippen LogP contribution in [0.5, 0.6) is 5.75 Å². The fourth-order valence-corrected chi connectivity index (χ4v) is 2.00. The first-order valence-electron chi connectivity index (χ1n) is 7.35. The van der Waals surface area contributed by atoms with E-state index in [0.717, 1.165) is 11.3 Å². The molecule has 2 rings (SSSR count). The maximum Gasteiger partial charge on any atom is 0.224 e. The molecule has 5 nitrogen and oxygen atoms in total. The SMILES string of the molecule is Cc1ccc(OCCCC(=O)Nc2cccc(C(=O)[O-])c2)cc1. The minimum atomic E-state index is -1.27. The van der Waals surface area contributed by atoms with Crippen LogP contribution in [-0.2, 0) is 4.79 Å². The summed E-state index contributed by atoms with van der Waals surface area (Å²) in [6, 6.07) is 13.7. The monoisotopic (exact) mass is 312 g/mol. The van der Waals surface area contributed by atoms with Gasteiger partial charge in [0, 0.05) is 12.1 Å². The lowest BCUT2D eigenvalue weighted by atomic mass is 10.2. The van der Waals surface area contributed by atoms with Crippen molar-refractivity contribution in [3.63, 3.8) is 0 Å². The van der Waals surface area contributed by atoms with Crippen molar-refractivity contribution in [1.29, 1.82) is 0 Å². The number of nitrogens with one attached hydrogen (secondary N) is 1. The number of carboxylic acid groups (broad SMARTS) is 1. The Morgan fingerprint density at radius 2 is 1.87 bits per heavy atom. The van der Waals surface area contributed by atoms with Gasteiger partial charge in [-0.05, 0) is 43.2 Å². The van der Waals surface area contributed by atoms with Gasteiger partial charge < -0.3 is 20.0 Å². The molecular formula is C18H18NO4-. The molecule has 0 saturated heterocycles. The highest BCUT2D eigenvalue weighted by Crippen LogP contribution is 2.13. The van der Waals surface area contributed by atoms with Gasteiger partial charge in [-0.2, -0.15) is 0 Å². The molecule has 1 amide bonds. The lowest BCUT2D eigenvalue weighted by Gasteiger charge is -2.09. The van der Waals surface area contributed by atoms with Crippen molar-refractivity contribution in [2.45, 2.75) is 19.8 Å². The van der Waals surface area contributed by atoms with E-state index in [-0.39, 0.29) is 11.5 Å². The fraction of sp³-hybridized carbons (Fsp3) is 0.222. The third kappa shape index (κ3) is 5.47. The maximum atomic E-state index is 11.8. The van der Waals surface area contributed by atoms with Crippen molar-refractivity contribution in [3.8, 4) is 5.75 Å². The highest BCUT2D eigenvalue weighted by Gasteiger charge is 2.04. The molecule has 120 valence electrons. The molecular weight excluding hydrogens is 294 g/mol. The Balaban J connectivity index is 1.74. The zero-order chi connectivity index (χ0) is 16.7. The molecule has 0 radical (unpaired) electrons. The van der Waals surface area contributed by atoms with Gasteiger partial charge in [0.25, 0.3) is 0 Å². The number of carboxylic acids is 1. The smallest absolute Gasteiger partial charge is 0.224 e. The van der Waals surface area contributed by atoms with Gasteiger partial charge in [-0.25, -0.2) is 0 Å². The maximum absolute atomic E-state index is 11.8. The highest BCUT2D eigenvalue weighted by atomic mass is 16.5. The first-order valence-corrected chi connectivity index (χ1v) is 7.35. The third-order valence-electron chi connectivity index (χ3n) is 3.22. The van der Waals surface area contributed by atoms with Crippen molar-refractivity contribution in [1.82, 2.24) is 0 Å². The molecule has 0 heterocycles. The summed E-state index contributed by atoms with van der Waals surface area (Å²) in [5, 5.41) is 13.4. The summed E-state index contributed by atoms with van der Waals surface area (Å²) in [4.78, 5) is 22.6. The Labute approximate surface area is 134 Å². The first-order chi connectivity index (χ1) is 11.0. The second-order valence-corrected chi connectivity index (χ2v) is 5.18. The molecule has 0 spiro atoms. The largest absolute Gasteiger partial charge is 0.545 e. The molecule has 0 bridgehead atoms. The standard InChI is InChI=1S/C18H19NO4/c1-13-7-9-16(10-8-13)23-11-3-6-17(20)19-15-5-2-4-14(12-15)18(21)22/h2,4-5,7-10,12H,3,6,11H2,1H3,(H,19,20)(H,21,22)/p-1. The Hall–Kier alpha value is -2.82. The lowest BCUT2D eigenvalue weighted by Crippen LogP contribution is -2.22. The van der Waals surface area contributed by atoms with E-state index in [1.165, 1.54) is 12.1 Å². The van der Waals surface area contributed by atoms with Crippen molar-refractivity contribution in [3.05, 3.63) is 59.7 Å². The molecule has 2 aromatic rings. The molecule has 0 fully saturated rings. The van der Waals surface area contributed by atoms with Crippen LogP contribution in [0.2, 0.25) is 0 Å². The van der Waals surface area contributed by atoms with Crippen molar-refractivity contribution >= 4 is 17.6 Å². The average molecular weight is 312 g/mol. The van der Waals surface area contributed by atoms with Crippen molar-refractivity contribution in [2.75, 3.05) is 11.9 Å². The fourth-order valence-electron chi connectivity index (χ4n) is 2.00. The van der Waals surface area contributed by atoms with Crippen LogP contribution in [0.4, 0.5) is 5.69 Å². The molecule has 0 aliphatic heterocycles. The Morgan fingerprint density at radius 3 is 2.57 bits per heavy atom. The average Bonchev–Trinajstić information content (AvgIpc) is 2.53. The number of ether oxygens (including phenoxy) is 1. The minimum Gasteiger partial charge on any atom is -0.545 e. The van der Waals surface area contributed by atoms with Gasteiger partial charge in [-0.3, -0.25) is 4.79 Å². The second-order valence-electron chi connectivity index (χ2n) is 5.18. The Morgan fingerprint density at radius 1 is 1.13 bits per heavy atom. The summed E-state index contributed by atoms with van der Waals surface area (Å²) in [6.45, 7) is 2.44. The van der Waals surface area contributed by atoms with Crippen LogP contribution in [0.3, 0.4) is 0 Å². The number of carbonyl (C=O) groups is 2. The number of aromatic carboxylic acids is 1. The Bertz CT molecular complexity index is 680. The molecule has 5 heteroatoms. The van der Waals surface area contributed by atoms with E-state index in [4.69, 9.17) is 4.74 Å². The van der Waals surface area contributed by atoms with Crippen molar-refractivity contribution in [2.24, 2.45) is 0 Å². The highest BCUT2D eigenvalue weighted by molar-refractivity contribution is 5.93. The van der Waals surface area contributed by atoms with Crippen LogP contribution in [0, 0.1) is 6.92 Å². The summed E-state index contributed by atoms with van der Waals surface area (Å²) in [5.41, 5.74) is 1.64. The van der Waals surface area contributed by atoms with Crippen LogP contribution in [0.25, 0.3) is 0 Å². The number of rotatable bonds is 7. The van der Waals surface area contributed by atoms with Gasteiger partial charge in [0.1, 0.15) is 5.75 Å². The van der Waals surface area contributed by atoms with Gasteiger partial charge in [-0.15, -0.1) is 0 Å². The molecule has 0 aliphatic rings. The predicted octanol–water partition coefficient (Wildman–Crippen LogP) is 2.16. The van der Waals surface area contributed by atoms with Gasteiger partial charge >= 0.3 is 0 Å². The molecule has 23 heavy (non-hydrogen) atoms. The van der Waals surface area contributed by atoms with E-state index in [1.807, 2.05) is 31.2 Å². The topological polar surface area (TPSA) is 78.5 Å². The van der Waals surface area contributed by atoms with Gasteiger partial charge in [-0.1, -0.05) is 29.8 Å². The summed E-state index contributed by atoms with van der Waals surface area (Å²) in [6.07, 6.45) is 0.862. The molecule has 1 N–H and O–H groups in total. The number of hydrogen-bond acceptors (Lipinski definition) is 4. The van der Waals surface area contributed by atoms with E-state index in [9.17, 15) is 14.7 Å². The van der Waals surface area contributed by atoms with Crippen molar-refractivity contribution < 1.29 is 19.4 Å². The molecule has 0 atom stereocenters. The summed E-state index contributed by atoms with van der Waals surface area (Å²) < 4.78 is 5.55. The molecule has 2 aromatic carbocycles. The first kappa shape index (κ1) is 16.5. The number of benzene rings is 2. The van der Waals surface area contributed by atoms with E-state index in [0.29, 0.717) is 25.1 Å². The number of anilines is 1. The molecule has 0 aromatic heterocycles. The van der Waals surface area contributed by atoms with E-state index < -0.39 is 5.97 Å². The molecule has 0 aliphatic carbocycles. The summed E-state index contributed by atoms with van der Waals surface area (Å²) in [5.74, 6) is -0.682. The second kappa shape index (κ2) is 7.98. The lowest BCUT2D eigenvalue weighted by molar-refractivity contribution is -0.255. The van der Waals surface area contributed by atoms with Gasteiger partial charge in [0.15, 0.2) is 0 Å². The predicted molar refractivity (Wildman–Crippen MR) is 85.3 cm³/mol. The molecule has 0 saturated carbocycles. The van der Waals surface area contributed by atoms with Gasteiger partial charge in [0.2, 0.25) is 5.91 Å². The van der Waals surface area contributed by atoms with Crippen LogP contribution >= 0.6 is 0 Å². The number of aryl methyl sites for hydroxylation is 1. The van der Waals surface area contributed by atoms with E-state index >= 15 is 0 Å². The molecule has 0 unspecified atom stereocenters. The summed E-state index contributed by atoms with van der Waals surface area (Å²) >= 11 is 0. The zero-order valence-electron chi connectivity index (χ0n) is 12.9. The number of carbonyl (C=O) groups excluding carboxylic acids is 2. The van der Waals surface area contributed by atoms with E-state index in [2.05, 4.69) is 5.32 Å².